The molecule has 2 heteroatoms. The number of benzene rings is 4. The first kappa shape index (κ1) is 28.7. The molecule has 6 aromatic carbocycles. The summed E-state index contributed by atoms with van der Waals surface area (Å²) in [4.78, 5) is 0. The van der Waals surface area contributed by atoms with E-state index >= 15 is 0 Å². The summed E-state index contributed by atoms with van der Waals surface area (Å²) >= 11 is 0. The van der Waals surface area contributed by atoms with E-state index in [4.69, 9.17) is 0 Å². The van der Waals surface area contributed by atoms with E-state index in [2.05, 4.69) is 138 Å². The van der Waals surface area contributed by atoms with Crippen LogP contribution in [-0.2, 0) is 39.0 Å². The fraction of sp³-hybridized carbons (Fsp3) is 0.211. The molecule has 0 fully saturated rings. The van der Waals surface area contributed by atoms with Crippen molar-refractivity contribution in [1.82, 2.24) is 0 Å². The average Bonchev–Trinajstić information content (AvgIpc) is 3.49. The molecule has 0 aliphatic rings. The van der Waals surface area contributed by atoms with Crippen LogP contribution in [0.1, 0.15) is 36.1 Å². The molecule has 198 valence electrons. The minimum absolute atomic E-state index is 0. The topological polar surface area (TPSA) is 0 Å². The Balaban J connectivity index is 0.00000323. The standard InChI is InChI=1S/C38H38Si.Zr/c1-7-27-15-19-29(20-16-27)33-13-9-11-31-23-25(3)37(35(31)33)39(5,6)38-26(4)24-32-12-10-14-34(36(32)38)30-21-17-28(8-2)18-22-30;/h9-24H,7-8H2,1-6H3;/q-2;+2. The van der Waals surface area contributed by atoms with Gasteiger partial charge in [-0.2, -0.15) is 10.4 Å². The Labute approximate surface area is 259 Å². The van der Waals surface area contributed by atoms with Gasteiger partial charge in [0.25, 0.3) is 0 Å². The van der Waals surface area contributed by atoms with E-state index in [-0.39, 0.29) is 26.2 Å². The number of fused-ring (bicyclic) bond motifs is 2. The summed E-state index contributed by atoms with van der Waals surface area (Å²) in [5.41, 5.74) is 11.0. The molecular weight excluding hydrogens is 576 g/mol. The molecule has 0 nitrogen and oxygen atoms in total. The molecule has 0 radical (unpaired) electrons. The molecule has 0 atom stereocenters. The van der Waals surface area contributed by atoms with Crippen molar-refractivity contribution in [2.45, 2.75) is 53.6 Å². The largest absolute Gasteiger partial charge is 2.00 e. The van der Waals surface area contributed by atoms with Crippen molar-refractivity contribution >= 4 is 40.0 Å². The molecule has 40 heavy (non-hydrogen) atoms. The van der Waals surface area contributed by atoms with E-state index in [0.717, 1.165) is 12.8 Å². The van der Waals surface area contributed by atoms with Crippen LogP contribution < -0.4 is 10.4 Å². The number of hydrogen-bond acceptors (Lipinski definition) is 0. The maximum Gasteiger partial charge on any atom is 2.00 e. The van der Waals surface area contributed by atoms with E-state index in [9.17, 15) is 0 Å². The van der Waals surface area contributed by atoms with Gasteiger partial charge in [0.1, 0.15) is 0 Å². The fourth-order valence-corrected chi connectivity index (χ4v) is 11.2. The van der Waals surface area contributed by atoms with Gasteiger partial charge in [-0.15, -0.1) is 69.1 Å². The van der Waals surface area contributed by atoms with E-state index in [0.29, 0.717) is 0 Å². The van der Waals surface area contributed by atoms with Gasteiger partial charge in [0.15, 0.2) is 0 Å². The van der Waals surface area contributed by atoms with Crippen molar-refractivity contribution in [3.05, 3.63) is 119 Å². The summed E-state index contributed by atoms with van der Waals surface area (Å²) in [6.45, 7) is 14.3. The van der Waals surface area contributed by atoms with Crippen LogP contribution in [0, 0.1) is 13.8 Å². The minimum atomic E-state index is -2.13. The molecule has 0 bridgehead atoms. The maximum atomic E-state index is 2.57. The second-order valence-corrected chi connectivity index (χ2v) is 15.9. The Kier molecular flexibility index (Phi) is 8.06. The van der Waals surface area contributed by atoms with Crippen LogP contribution in [0.2, 0.25) is 13.1 Å². The first-order chi connectivity index (χ1) is 18.8. The predicted octanol–water partition coefficient (Wildman–Crippen LogP) is 9.33. The van der Waals surface area contributed by atoms with Crippen molar-refractivity contribution < 1.29 is 26.2 Å². The van der Waals surface area contributed by atoms with Gasteiger partial charge in [0.2, 0.25) is 0 Å². The summed E-state index contributed by atoms with van der Waals surface area (Å²) < 4.78 is 0. The molecular formula is C38H38SiZr. The molecule has 0 aliphatic heterocycles. The molecule has 0 aliphatic carbocycles. The molecule has 0 unspecified atom stereocenters. The molecule has 6 aromatic rings. The summed E-state index contributed by atoms with van der Waals surface area (Å²) in [6.07, 6.45) is 2.13. The van der Waals surface area contributed by atoms with Crippen LogP contribution in [0.15, 0.2) is 97.1 Å². The molecule has 0 N–H and O–H groups in total. The second kappa shape index (κ2) is 11.2. The van der Waals surface area contributed by atoms with Crippen LogP contribution in [0.3, 0.4) is 0 Å². The molecule has 0 heterocycles. The normalized spacial score (nSPS) is 11.8. The number of hydrogen-bond donors (Lipinski definition) is 0. The molecule has 0 saturated heterocycles. The van der Waals surface area contributed by atoms with Gasteiger partial charge in [-0.1, -0.05) is 113 Å². The molecule has 0 spiro atoms. The first-order valence-electron chi connectivity index (χ1n) is 14.4. The summed E-state index contributed by atoms with van der Waals surface area (Å²) in [6, 6.07) is 37.0. The Morgan fingerprint density at radius 3 is 1.27 bits per heavy atom. The van der Waals surface area contributed by atoms with Gasteiger partial charge in [0.05, 0.1) is 0 Å². The second-order valence-electron chi connectivity index (χ2n) is 11.7. The van der Waals surface area contributed by atoms with Gasteiger partial charge in [-0.3, -0.25) is 0 Å². The van der Waals surface area contributed by atoms with Gasteiger partial charge >= 0.3 is 26.2 Å². The van der Waals surface area contributed by atoms with E-state index in [1.807, 2.05) is 0 Å². The first-order valence-corrected chi connectivity index (χ1v) is 17.4. The Hall–Kier alpha value is -2.80. The van der Waals surface area contributed by atoms with Crippen LogP contribution in [0.4, 0.5) is 0 Å². The van der Waals surface area contributed by atoms with Crippen molar-refractivity contribution in [2.24, 2.45) is 0 Å². The van der Waals surface area contributed by atoms with Crippen molar-refractivity contribution in [2.75, 3.05) is 0 Å². The SMILES string of the molecule is CCc1ccc(-c2cccc3[cH-]c(C)c([Si](C)(C)c4c(C)[cH-]c5cccc(-c6ccc(CC)cc6)c45)c23)cc1.[Zr+2]. The predicted molar refractivity (Wildman–Crippen MR) is 175 cm³/mol. The summed E-state index contributed by atoms with van der Waals surface area (Å²) in [7, 11) is -2.13. The van der Waals surface area contributed by atoms with Gasteiger partial charge in [-0.05, 0) is 35.1 Å². The van der Waals surface area contributed by atoms with Gasteiger partial charge < -0.3 is 0 Å². The van der Waals surface area contributed by atoms with Crippen molar-refractivity contribution in [1.29, 1.82) is 0 Å². The van der Waals surface area contributed by atoms with Crippen molar-refractivity contribution in [3.63, 3.8) is 0 Å². The third-order valence-electron chi connectivity index (χ3n) is 8.82. The quantitative estimate of drug-likeness (QED) is 0.130. The van der Waals surface area contributed by atoms with Crippen LogP contribution >= 0.6 is 0 Å². The zero-order chi connectivity index (χ0) is 27.3. The van der Waals surface area contributed by atoms with Crippen LogP contribution in [-0.4, -0.2) is 8.07 Å². The Morgan fingerprint density at radius 2 is 0.925 bits per heavy atom. The van der Waals surface area contributed by atoms with Gasteiger partial charge in [-0.25, -0.2) is 0 Å². The monoisotopic (exact) mass is 612 g/mol. The van der Waals surface area contributed by atoms with Gasteiger partial charge in [0, 0.05) is 8.07 Å². The average molecular weight is 614 g/mol. The molecule has 6 rings (SSSR count). The number of aryl methyl sites for hydroxylation is 4. The maximum absolute atomic E-state index is 2.57. The molecule has 0 saturated carbocycles. The Bertz CT molecular complexity index is 1660. The summed E-state index contributed by atoms with van der Waals surface area (Å²) in [5, 5.41) is 8.80. The third kappa shape index (κ3) is 4.74. The third-order valence-corrected chi connectivity index (χ3v) is 12.6. The van der Waals surface area contributed by atoms with E-state index in [1.54, 1.807) is 10.4 Å². The van der Waals surface area contributed by atoms with E-state index < -0.39 is 8.07 Å². The molecule has 0 amide bonds. The molecule has 0 aromatic heterocycles. The fourth-order valence-electron chi connectivity index (χ4n) is 7.00. The van der Waals surface area contributed by atoms with E-state index in [1.165, 1.54) is 66.1 Å². The smallest absolute Gasteiger partial charge is 0.158 e. The van der Waals surface area contributed by atoms with Crippen LogP contribution in [0.5, 0.6) is 0 Å². The van der Waals surface area contributed by atoms with Crippen LogP contribution in [0.25, 0.3) is 43.8 Å². The zero-order valence-corrected chi connectivity index (χ0v) is 28.1. The van der Waals surface area contributed by atoms with Crippen molar-refractivity contribution in [3.8, 4) is 22.3 Å². The number of rotatable bonds is 6. The minimum Gasteiger partial charge on any atom is -0.158 e. The zero-order valence-electron chi connectivity index (χ0n) is 24.7. The summed E-state index contributed by atoms with van der Waals surface area (Å²) in [5.74, 6) is 0. The Morgan fingerprint density at radius 1 is 0.550 bits per heavy atom.